The number of ether oxygens (including phenoxy) is 1. The lowest BCUT2D eigenvalue weighted by Gasteiger charge is -2.13. The van der Waals surface area contributed by atoms with Gasteiger partial charge in [-0.15, -0.1) is 0 Å². The third-order valence-electron chi connectivity index (χ3n) is 4.19. The molecule has 0 amide bonds. The van der Waals surface area contributed by atoms with E-state index in [-0.39, 0.29) is 11.6 Å². The first-order valence-electron chi connectivity index (χ1n) is 7.94. The highest BCUT2D eigenvalue weighted by Crippen LogP contribution is 2.45. The number of rotatable bonds is 4. The standard InChI is InChI=1S/C20H13NO5/c22-19(12-10-13-9-11-18(25-13)21(23)24)26-20-16-7-3-1-5-14(16)15-6-2-4-8-17(15)20/h1-12,20H/b12-10+. The lowest BCUT2D eigenvalue weighted by Crippen LogP contribution is -2.08. The van der Waals surface area contributed by atoms with E-state index < -0.39 is 17.0 Å². The van der Waals surface area contributed by atoms with Crippen molar-refractivity contribution < 1.29 is 18.9 Å². The molecule has 1 aromatic heterocycles. The quantitative estimate of drug-likeness (QED) is 0.300. The number of hydrogen-bond donors (Lipinski definition) is 0. The largest absolute Gasteiger partial charge is 0.449 e. The summed E-state index contributed by atoms with van der Waals surface area (Å²) in [4.78, 5) is 22.2. The number of furan rings is 1. The third-order valence-corrected chi connectivity index (χ3v) is 4.19. The van der Waals surface area contributed by atoms with E-state index in [1.165, 1.54) is 24.3 Å². The molecule has 0 N–H and O–H groups in total. The van der Waals surface area contributed by atoms with Gasteiger partial charge in [0.05, 0.1) is 6.07 Å². The average molecular weight is 347 g/mol. The van der Waals surface area contributed by atoms with Crippen LogP contribution in [0, 0.1) is 10.1 Å². The molecule has 0 atom stereocenters. The normalized spacial score (nSPS) is 12.8. The molecule has 26 heavy (non-hydrogen) atoms. The van der Waals surface area contributed by atoms with Crippen molar-refractivity contribution >= 4 is 17.9 Å². The van der Waals surface area contributed by atoms with Gasteiger partial charge in [0.1, 0.15) is 10.7 Å². The number of nitro groups is 1. The molecule has 0 spiro atoms. The molecule has 2 aromatic carbocycles. The van der Waals surface area contributed by atoms with Gasteiger partial charge >= 0.3 is 11.9 Å². The molecule has 0 fully saturated rings. The van der Waals surface area contributed by atoms with Crippen LogP contribution in [-0.4, -0.2) is 10.9 Å². The molecule has 0 aliphatic heterocycles. The zero-order chi connectivity index (χ0) is 18.1. The molecule has 1 aliphatic carbocycles. The zero-order valence-corrected chi connectivity index (χ0v) is 13.5. The fourth-order valence-electron chi connectivity index (χ4n) is 3.07. The average Bonchev–Trinajstić information content (AvgIpc) is 3.25. The second-order valence-electron chi connectivity index (χ2n) is 5.76. The van der Waals surface area contributed by atoms with Gasteiger partial charge in [0.15, 0.2) is 6.10 Å². The Morgan fingerprint density at radius 2 is 1.62 bits per heavy atom. The Hall–Kier alpha value is -3.67. The van der Waals surface area contributed by atoms with Crippen molar-refractivity contribution in [1.29, 1.82) is 0 Å². The van der Waals surface area contributed by atoms with Crippen LogP contribution in [0.3, 0.4) is 0 Å². The molecule has 4 rings (SSSR count). The van der Waals surface area contributed by atoms with E-state index in [1.54, 1.807) is 0 Å². The van der Waals surface area contributed by atoms with Crippen LogP contribution in [0.15, 0.2) is 71.2 Å². The van der Waals surface area contributed by atoms with Gasteiger partial charge in [0, 0.05) is 17.2 Å². The van der Waals surface area contributed by atoms with Crippen molar-refractivity contribution in [3.63, 3.8) is 0 Å². The van der Waals surface area contributed by atoms with Gasteiger partial charge in [-0.3, -0.25) is 10.1 Å². The molecule has 6 nitrogen and oxygen atoms in total. The van der Waals surface area contributed by atoms with Crippen molar-refractivity contribution in [3.8, 4) is 11.1 Å². The predicted molar refractivity (Wildman–Crippen MR) is 94.2 cm³/mol. The maximum atomic E-state index is 12.2. The van der Waals surface area contributed by atoms with E-state index in [9.17, 15) is 14.9 Å². The van der Waals surface area contributed by atoms with Gasteiger partial charge in [-0.25, -0.2) is 4.79 Å². The van der Waals surface area contributed by atoms with Gasteiger partial charge in [-0.2, -0.15) is 0 Å². The van der Waals surface area contributed by atoms with Crippen LogP contribution in [0.4, 0.5) is 5.88 Å². The number of hydrogen-bond acceptors (Lipinski definition) is 5. The Kier molecular flexibility index (Phi) is 3.85. The number of esters is 1. The number of benzene rings is 2. The van der Waals surface area contributed by atoms with Gasteiger partial charge in [-0.1, -0.05) is 48.5 Å². The predicted octanol–water partition coefficient (Wildman–Crippen LogP) is 4.51. The Labute approximate surface area is 148 Å². The molecule has 0 bridgehead atoms. The summed E-state index contributed by atoms with van der Waals surface area (Å²) in [5.74, 6) is -0.724. The minimum atomic E-state index is -0.637. The molecule has 3 aromatic rings. The van der Waals surface area contributed by atoms with Gasteiger partial charge in [0.25, 0.3) is 0 Å². The Morgan fingerprint density at radius 1 is 1.00 bits per heavy atom. The van der Waals surface area contributed by atoms with Crippen molar-refractivity contribution in [1.82, 2.24) is 0 Å². The molecule has 128 valence electrons. The first kappa shape index (κ1) is 15.8. The summed E-state index contributed by atoms with van der Waals surface area (Å²) >= 11 is 0. The first-order chi connectivity index (χ1) is 12.6. The molecule has 1 heterocycles. The highest BCUT2D eigenvalue weighted by atomic mass is 16.6. The summed E-state index contributed by atoms with van der Waals surface area (Å²) in [6.07, 6.45) is 2.07. The number of nitrogens with zero attached hydrogens (tertiary/aromatic N) is 1. The van der Waals surface area contributed by atoms with Crippen LogP contribution in [0.5, 0.6) is 0 Å². The molecular formula is C20H13NO5. The van der Waals surface area contributed by atoms with Crippen LogP contribution in [-0.2, 0) is 9.53 Å². The zero-order valence-electron chi connectivity index (χ0n) is 13.5. The smallest absolute Gasteiger partial charge is 0.433 e. The summed E-state index contributed by atoms with van der Waals surface area (Å²) in [6.45, 7) is 0. The molecule has 0 unspecified atom stereocenters. The second kappa shape index (κ2) is 6.33. The van der Waals surface area contributed by atoms with Crippen molar-refractivity contribution in [3.05, 3.63) is 93.7 Å². The van der Waals surface area contributed by atoms with Crippen LogP contribution in [0.25, 0.3) is 17.2 Å². The molecule has 0 radical (unpaired) electrons. The highest BCUT2D eigenvalue weighted by Gasteiger charge is 2.30. The van der Waals surface area contributed by atoms with E-state index in [4.69, 9.17) is 9.15 Å². The van der Waals surface area contributed by atoms with E-state index >= 15 is 0 Å². The fraction of sp³-hybridized carbons (Fsp3) is 0.0500. The van der Waals surface area contributed by atoms with Crippen molar-refractivity contribution in [2.24, 2.45) is 0 Å². The summed E-state index contributed by atoms with van der Waals surface area (Å²) < 4.78 is 10.6. The minimum absolute atomic E-state index is 0.209. The van der Waals surface area contributed by atoms with Crippen molar-refractivity contribution in [2.45, 2.75) is 6.10 Å². The topological polar surface area (TPSA) is 82.6 Å². The number of carbonyl (C=O) groups excluding carboxylic acids is 1. The van der Waals surface area contributed by atoms with Gasteiger partial charge in [0.2, 0.25) is 0 Å². The van der Waals surface area contributed by atoms with E-state index in [0.29, 0.717) is 0 Å². The van der Waals surface area contributed by atoms with E-state index in [1.807, 2.05) is 48.5 Å². The Morgan fingerprint density at radius 3 is 2.19 bits per heavy atom. The second-order valence-corrected chi connectivity index (χ2v) is 5.76. The SMILES string of the molecule is O=C(/C=C/c1ccc([N+](=O)[O-])o1)OC1c2ccccc2-c2ccccc21. The van der Waals surface area contributed by atoms with Crippen LogP contribution < -0.4 is 0 Å². The molecule has 1 aliphatic rings. The Balaban J connectivity index is 1.56. The maximum Gasteiger partial charge on any atom is 0.433 e. The summed E-state index contributed by atoms with van der Waals surface area (Å²) in [7, 11) is 0. The monoisotopic (exact) mass is 347 g/mol. The van der Waals surface area contributed by atoms with E-state index in [0.717, 1.165) is 22.3 Å². The highest BCUT2D eigenvalue weighted by molar-refractivity contribution is 5.88. The summed E-state index contributed by atoms with van der Waals surface area (Å²) in [5, 5.41) is 10.6. The molecule has 0 saturated heterocycles. The van der Waals surface area contributed by atoms with E-state index in [2.05, 4.69) is 0 Å². The van der Waals surface area contributed by atoms with Gasteiger partial charge < -0.3 is 9.15 Å². The first-order valence-corrected chi connectivity index (χ1v) is 7.94. The Bertz CT molecular complexity index is 988. The summed E-state index contributed by atoms with van der Waals surface area (Å²) in [5.41, 5.74) is 3.96. The molecular weight excluding hydrogens is 334 g/mol. The third kappa shape index (κ3) is 2.77. The van der Waals surface area contributed by atoms with Crippen LogP contribution in [0.2, 0.25) is 0 Å². The molecule has 6 heteroatoms. The maximum absolute atomic E-state index is 12.2. The number of fused-ring (bicyclic) bond motifs is 3. The van der Waals surface area contributed by atoms with Crippen molar-refractivity contribution in [2.75, 3.05) is 0 Å². The van der Waals surface area contributed by atoms with Crippen LogP contribution in [0.1, 0.15) is 23.0 Å². The lowest BCUT2D eigenvalue weighted by molar-refractivity contribution is -0.402. The number of carbonyl (C=O) groups is 1. The molecule has 0 saturated carbocycles. The fourth-order valence-corrected chi connectivity index (χ4v) is 3.07. The lowest BCUT2D eigenvalue weighted by atomic mass is 10.1. The van der Waals surface area contributed by atoms with Crippen LogP contribution >= 0.6 is 0 Å². The van der Waals surface area contributed by atoms with Gasteiger partial charge in [-0.05, 0) is 23.3 Å². The summed E-state index contributed by atoms with van der Waals surface area (Å²) in [6, 6.07) is 18.2. The minimum Gasteiger partial charge on any atom is -0.449 e.